The minimum Gasteiger partial charge on any atom is -0.420 e. The summed E-state index contributed by atoms with van der Waals surface area (Å²) < 4.78 is 7.30. The monoisotopic (exact) mass is 340 g/mol. The summed E-state index contributed by atoms with van der Waals surface area (Å²) in [4.78, 5) is 0. The molecule has 0 heterocycles. The van der Waals surface area contributed by atoms with E-state index in [4.69, 9.17) is 4.43 Å². The lowest BCUT2D eigenvalue weighted by Crippen LogP contribution is -2.44. The minimum absolute atomic E-state index is 0.299. The molecule has 0 fully saturated rings. The summed E-state index contributed by atoms with van der Waals surface area (Å²) in [6, 6.07) is 7.86. The fraction of sp³-hybridized carbons (Fsp3) is 0.625. The largest absolute Gasteiger partial charge is 0.420 e. The van der Waals surface area contributed by atoms with Gasteiger partial charge in [-0.15, -0.1) is 0 Å². The Bertz CT molecular complexity index is 466. The average molecular weight is 341 g/mol. The van der Waals surface area contributed by atoms with Crippen LogP contribution in [0.3, 0.4) is 0 Å². The Morgan fingerprint density at radius 1 is 1.32 bits per heavy atom. The molecular formula is C16H25BrOSi. The van der Waals surface area contributed by atoms with E-state index in [9.17, 15) is 0 Å². The molecule has 19 heavy (non-hydrogen) atoms. The van der Waals surface area contributed by atoms with E-state index in [2.05, 4.69) is 61.4 Å². The van der Waals surface area contributed by atoms with Crippen LogP contribution in [0.1, 0.15) is 31.9 Å². The first kappa shape index (κ1) is 15.3. The van der Waals surface area contributed by atoms with Gasteiger partial charge >= 0.3 is 0 Å². The van der Waals surface area contributed by atoms with Crippen molar-refractivity contribution in [3.05, 3.63) is 33.8 Å². The summed E-state index contributed by atoms with van der Waals surface area (Å²) in [5.41, 5.74) is 3.05. The molecule has 0 spiro atoms. The van der Waals surface area contributed by atoms with Crippen LogP contribution in [0.15, 0.2) is 22.7 Å². The van der Waals surface area contributed by atoms with E-state index in [-0.39, 0.29) is 0 Å². The first-order valence-electron chi connectivity index (χ1n) is 7.08. The molecule has 0 radical (unpaired) electrons. The van der Waals surface area contributed by atoms with E-state index in [1.165, 1.54) is 34.5 Å². The Hall–Kier alpha value is -0.123. The normalized spacial score (nSPS) is 22.1. The van der Waals surface area contributed by atoms with E-state index in [0.29, 0.717) is 5.04 Å². The summed E-state index contributed by atoms with van der Waals surface area (Å²) in [5, 5.41) is 0.299. The van der Waals surface area contributed by atoms with Crippen LogP contribution in [-0.2, 0) is 17.3 Å². The highest BCUT2D eigenvalue weighted by Crippen LogP contribution is 2.44. The predicted molar refractivity (Wildman–Crippen MR) is 88.2 cm³/mol. The second kappa shape index (κ2) is 5.34. The van der Waals surface area contributed by atoms with Crippen LogP contribution >= 0.6 is 15.9 Å². The van der Waals surface area contributed by atoms with E-state index < -0.39 is 8.32 Å². The van der Waals surface area contributed by atoms with Gasteiger partial charge in [-0.05, 0) is 53.6 Å². The molecule has 1 aromatic carbocycles. The fourth-order valence-electron chi connectivity index (χ4n) is 3.09. The van der Waals surface area contributed by atoms with Gasteiger partial charge in [0.1, 0.15) is 0 Å². The highest BCUT2D eigenvalue weighted by atomic mass is 79.9. The van der Waals surface area contributed by atoms with Gasteiger partial charge in [-0.25, -0.2) is 0 Å². The number of hydrogen-bond acceptors (Lipinski definition) is 1. The van der Waals surface area contributed by atoms with E-state index in [0.717, 1.165) is 5.92 Å². The number of fused-ring (bicyclic) bond motifs is 1. The first-order valence-corrected chi connectivity index (χ1v) is 10.5. The van der Waals surface area contributed by atoms with Gasteiger partial charge < -0.3 is 4.43 Å². The Morgan fingerprint density at radius 2 is 2.00 bits per heavy atom. The zero-order valence-electron chi connectivity index (χ0n) is 12.7. The Labute approximate surface area is 127 Å². The third-order valence-corrected chi connectivity index (χ3v) is 11.1. The Balaban J connectivity index is 2.14. The van der Waals surface area contributed by atoms with Crippen LogP contribution < -0.4 is 0 Å². The lowest BCUT2D eigenvalue weighted by molar-refractivity contribution is 0.354. The molecule has 0 saturated carbocycles. The van der Waals surface area contributed by atoms with Gasteiger partial charge in [0.05, 0.1) is 0 Å². The highest BCUT2D eigenvalue weighted by molar-refractivity contribution is 9.10. The lowest BCUT2D eigenvalue weighted by atomic mass is 10.1. The molecule has 0 aromatic heterocycles. The first-order chi connectivity index (χ1) is 8.77. The summed E-state index contributed by atoms with van der Waals surface area (Å²) in [6.45, 7) is 9.40. The van der Waals surface area contributed by atoms with Gasteiger partial charge in [-0.3, -0.25) is 0 Å². The Kier molecular flexibility index (Phi) is 4.29. The van der Waals surface area contributed by atoms with E-state index >= 15 is 0 Å². The molecule has 2 atom stereocenters. The molecule has 1 aromatic rings. The maximum absolute atomic E-state index is 6.02. The maximum atomic E-state index is 6.02. The zero-order valence-corrected chi connectivity index (χ0v) is 15.3. The van der Waals surface area contributed by atoms with Gasteiger partial charge in [-0.1, -0.05) is 48.8 Å². The summed E-state index contributed by atoms with van der Waals surface area (Å²) in [7, 11) is 0.250. The molecule has 1 aliphatic carbocycles. The molecule has 0 amide bonds. The molecule has 1 nitrogen and oxygen atoms in total. The second-order valence-corrected chi connectivity index (χ2v) is 12.7. The molecule has 3 heteroatoms. The third kappa shape index (κ3) is 2.98. The summed E-state index contributed by atoms with van der Waals surface area (Å²) >= 11 is 3.69. The van der Waals surface area contributed by atoms with Crippen molar-refractivity contribution in [3.8, 4) is 0 Å². The molecule has 0 bridgehead atoms. The topological polar surface area (TPSA) is 9.23 Å². The lowest BCUT2D eigenvalue weighted by Gasteiger charge is -2.39. The van der Waals surface area contributed by atoms with Crippen molar-refractivity contribution in [2.24, 2.45) is 5.92 Å². The van der Waals surface area contributed by atoms with Crippen LogP contribution in [-0.4, -0.2) is 15.4 Å². The fourth-order valence-corrected chi connectivity index (χ4v) is 6.44. The molecule has 2 unspecified atom stereocenters. The maximum Gasteiger partial charge on any atom is 0.194 e. The van der Waals surface area contributed by atoms with Crippen LogP contribution in [0.4, 0.5) is 0 Å². The van der Waals surface area contributed by atoms with Crippen molar-refractivity contribution in [3.63, 3.8) is 0 Å². The predicted octanol–water partition coefficient (Wildman–Crippen LogP) is 5.19. The number of rotatable bonds is 3. The van der Waals surface area contributed by atoms with Crippen LogP contribution in [0.25, 0.3) is 0 Å². The molecule has 2 rings (SSSR count). The average Bonchev–Trinajstić information content (AvgIpc) is 2.71. The second-order valence-electron chi connectivity index (χ2n) is 7.04. The van der Waals surface area contributed by atoms with Crippen molar-refractivity contribution in [2.45, 2.75) is 51.2 Å². The van der Waals surface area contributed by atoms with Gasteiger partial charge in [-0.2, -0.15) is 0 Å². The smallest absolute Gasteiger partial charge is 0.194 e. The van der Waals surface area contributed by atoms with Crippen molar-refractivity contribution >= 4 is 24.2 Å². The van der Waals surface area contributed by atoms with Gasteiger partial charge in [0.2, 0.25) is 0 Å². The molecule has 0 aliphatic heterocycles. The van der Waals surface area contributed by atoms with Crippen LogP contribution in [0, 0.1) is 5.92 Å². The third-order valence-electron chi connectivity index (χ3n) is 4.93. The van der Waals surface area contributed by atoms with Gasteiger partial charge in [0.15, 0.2) is 8.32 Å². The van der Waals surface area contributed by atoms with Crippen molar-refractivity contribution in [2.75, 3.05) is 7.11 Å². The molecule has 0 N–H and O–H groups in total. The van der Waals surface area contributed by atoms with Gasteiger partial charge in [0.25, 0.3) is 0 Å². The van der Waals surface area contributed by atoms with Gasteiger partial charge in [0, 0.05) is 11.6 Å². The standard InChI is InChI=1S/C16H25BrOSi/c1-16(2,3)19(5,18-4)11-12-9-13-7-6-8-15(17)14(13)10-12/h6-8,12H,9-11H2,1-5H3. The quantitative estimate of drug-likeness (QED) is 0.688. The zero-order chi connectivity index (χ0) is 14.3. The molecule has 0 saturated heterocycles. The summed E-state index contributed by atoms with van der Waals surface area (Å²) in [5.74, 6) is 0.754. The number of hydrogen-bond donors (Lipinski definition) is 0. The van der Waals surface area contributed by atoms with Crippen molar-refractivity contribution in [1.29, 1.82) is 0 Å². The highest BCUT2D eigenvalue weighted by Gasteiger charge is 2.43. The van der Waals surface area contributed by atoms with E-state index in [1.807, 2.05) is 7.11 Å². The van der Waals surface area contributed by atoms with Crippen LogP contribution in [0.2, 0.25) is 17.6 Å². The van der Waals surface area contributed by atoms with E-state index in [1.54, 1.807) is 0 Å². The number of benzene rings is 1. The SMILES string of the molecule is CO[Si](C)(CC1Cc2cccc(Br)c2C1)C(C)(C)C. The Morgan fingerprint density at radius 3 is 2.53 bits per heavy atom. The molecule has 106 valence electrons. The molecule has 1 aliphatic rings. The van der Waals surface area contributed by atoms with Crippen molar-refractivity contribution in [1.82, 2.24) is 0 Å². The number of halogens is 1. The van der Waals surface area contributed by atoms with Crippen LogP contribution in [0.5, 0.6) is 0 Å². The van der Waals surface area contributed by atoms with Crippen molar-refractivity contribution < 1.29 is 4.43 Å². The minimum atomic E-state index is -1.66. The summed E-state index contributed by atoms with van der Waals surface area (Å²) in [6.07, 6.45) is 2.43. The molecular weight excluding hydrogens is 316 g/mol.